The summed E-state index contributed by atoms with van der Waals surface area (Å²) < 4.78 is 0. The molecule has 20 heavy (non-hydrogen) atoms. The van der Waals surface area contributed by atoms with Crippen molar-refractivity contribution in [1.29, 1.82) is 0 Å². The molecule has 9 nitrogen and oxygen atoms in total. The molecule has 0 rings (SSSR count). The fourth-order valence-corrected chi connectivity index (χ4v) is 1.29. The van der Waals surface area contributed by atoms with Gasteiger partial charge in [-0.3, -0.25) is 9.59 Å². The molecule has 0 fully saturated rings. The molecule has 0 bridgehead atoms. The van der Waals surface area contributed by atoms with Crippen molar-refractivity contribution in [2.24, 2.45) is 5.73 Å². The average Bonchev–Trinajstić information content (AvgIpc) is 2.26. The Kier molecular flexibility index (Phi) is 7.71. The van der Waals surface area contributed by atoms with Crippen LogP contribution >= 0.6 is 0 Å². The van der Waals surface area contributed by atoms with E-state index in [1.807, 2.05) is 0 Å². The van der Waals surface area contributed by atoms with Crippen LogP contribution in [0.4, 0.5) is 4.79 Å². The standard InChI is InChI=1S/C11H20N4O5/c1-6(2)14-9(17)3-4-13-11(20)15-7(10(18)19)5-8(12)16/h6-7H,3-5H2,1-2H3,(H2,12,16)(H,14,17)(H,18,19)(H2,13,15,20)/t7-/m0/s1. The Hall–Kier alpha value is -2.32. The summed E-state index contributed by atoms with van der Waals surface area (Å²) in [6.45, 7) is 3.66. The minimum absolute atomic E-state index is 0.00304. The number of carboxylic acids is 1. The molecule has 6 N–H and O–H groups in total. The number of primary amides is 1. The summed E-state index contributed by atoms with van der Waals surface area (Å²) in [6.07, 6.45) is -0.435. The molecular formula is C11H20N4O5. The number of carbonyl (C=O) groups excluding carboxylic acids is 3. The van der Waals surface area contributed by atoms with Gasteiger partial charge in [-0.2, -0.15) is 0 Å². The quantitative estimate of drug-likeness (QED) is 0.369. The predicted molar refractivity (Wildman–Crippen MR) is 69.7 cm³/mol. The molecule has 0 saturated heterocycles. The van der Waals surface area contributed by atoms with Crippen molar-refractivity contribution in [2.75, 3.05) is 6.54 Å². The van der Waals surface area contributed by atoms with Crippen LogP contribution in [0.3, 0.4) is 0 Å². The van der Waals surface area contributed by atoms with Gasteiger partial charge in [0.05, 0.1) is 6.42 Å². The summed E-state index contributed by atoms with van der Waals surface area (Å²) in [5.41, 5.74) is 4.87. The van der Waals surface area contributed by atoms with Crippen molar-refractivity contribution in [3.8, 4) is 0 Å². The SMILES string of the molecule is CC(C)NC(=O)CCNC(=O)N[C@@H](CC(N)=O)C(=O)O. The van der Waals surface area contributed by atoms with E-state index in [2.05, 4.69) is 16.0 Å². The lowest BCUT2D eigenvalue weighted by molar-refractivity contribution is -0.140. The van der Waals surface area contributed by atoms with Gasteiger partial charge in [0.15, 0.2) is 0 Å². The van der Waals surface area contributed by atoms with Crippen LogP contribution in [-0.2, 0) is 14.4 Å². The number of rotatable bonds is 8. The van der Waals surface area contributed by atoms with Gasteiger partial charge in [0.25, 0.3) is 0 Å². The molecule has 0 heterocycles. The van der Waals surface area contributed by atoms with Gasteiger partial charge in [-0.05, 0) is 13.8 Å². The van der Waals surface area contributed by atoms with Gasteiger partial charge >= 0.3 is 12.0 Å². The van der Waals surface area contributed by atoms with Gasteiger partial charge in [-0.15, -0.1) is 0 Å². The lowest BCUT2D eigenvalue weighted by atomic mass is 10.2. The first kappa shape index (κ1) is 17.7. The van der Waals surface area contributed by atoms with Crippen LogP contribution in [0.1, 0.15) is 26.7 Å². The first-order chi connectivity index (χ1) is 9.22. The van der Waals surface area contributed by atoms with Crippen molar-refractivity contribution < 1.29 is 24.3 Å². The Morgan fingerprint density at radius 3 is 2.20 bits per heavy atom. The lowest BCUT2D eigenvalue weighted by Crippen LogP contribution is -2.48. The van der Waals surface area contributed by atoms with Crippen LogP contribution in [0.25, 0.3) is 0 Å². The number of amides is 4. The molecule has 4 amide bonds. The Morgan fingerprint density at radius 2 is 1.75 bits per heavy atom. The summed E-state index contributed by atoms with van der Waals surface area (Å²) >= 11 is 0. The van der Waals surface area contributed by atoms with Crippen molar-refractivity contribution in [3.05, 3.63) is 0 Å². The molecule has 0 aromatic heterocycles. The van der Waals surface area contributed by atoms with Gasteiger partial charge in [0, 0.05) is 19.0 Å². The second kappa shape index (κ2) is 8.73. The monoisotopic (exact) mass is 288 g/mol. The second-order valence-electron chi connectivity index (χ2n) is 4.43. The number of carbonyl (C=O) groups is 4. The maximum atomic E-state index is 11.4. The number of nitrogens with one attached hydrogen (secondary N) is 3. The summed E-state index contributed by atoms with van der Waals surface area (Å²) in [4.78, 5) is 44.0. The van der Waals surface area contributed by atoms with Crippen LogP contribution in [-0.4, -0.2) is 47.5 Å². The van der Waals surface area contributed by atoms with Crippen molar-refractivity contribution in [1.82, 2.24) is 16.0 Å². The van der Waals surface area contributed by atoms with E-state index in [1.165, 1.54) is 0 Å². The molecule has 0 saturated carbocycles. The van der Waals surface area contributed by atoms with Gasteiger partial charge in [-0.25, -0.2) is 9.59 Å². The Morgan fingerprint density at radius 1 is 1.15 bits per heavy atom. The highest BCUT2D eigenvalue weighted by atomic mass is 16.4. The molecule has 0 aromatic rings. The molecular weight excluding hydrogens is 268 g/mol. The number of carboxylic acid groups (broad SMARTS) is 1. The van der Waals surface area contributed by atoms with Gasteiger partial charge < -0.3 is 26.8 Å². The molecule has 1 atom stereocenters. The van der Waals surface area contributed by atoms with Gasteiger partial charge in [0.2, 0.25) is 11.8 Å². The van der Waals surface area contributed by atoms with Gasteiger partial charge in [-0.1, -0.05) is 0 Å². The third-order valence-electron chi connectivity index (χ3n) is 2.10. The number of aliphatic carboxylic acids is 1. The predicted octanol–water partition coefficient (Wildman–Crippen LogP) is -1.47. The number of hydrogen-bond donors (Lipinski definition) is 5. The lowest BCUT2D eigenvalue weighted by Gasteiger charge is -2.14. The zero-order chi connectivity index (χ0) is 15.7. The first-order valence-corrected chi connectivity index (χ1v) is 6.07. The fraction of sp³-hybridized carbons (Fsp3) is 0.636. The van der Waals surface area contributed by atoms with E-state index in [1.54, 1.807) is 13.8 Å². The average molecular weight is 288 g/mol. The first-order valence-electron chi connectivity index (χ1n) is 6.07. The van der Waals surface area contributed by atoms with E-state index >= 15 is 0 Å². The second-order valence-corrected chi connectivity index (χ2v) is 4.43. The fourth-order valence-electron chi connectivity index (χ4n) is 1.29. The third kappa shape index (κ3) is 8.72. The zero-order valence-corrected chi connectivity index (χ0v) is 11.4. The molecule has 114 valence electrons. The highest BCUT2D eigenvalue weighted by Gasteiger charge is 2.21. The molecule has 0 aliphatic carbocycles. The molecule has 9 heteroatoms. The molecule has 0 spiro atoms. The minimum atomic E-state index is -1.39. The van der Waals surface area contributed by atoms with Crippen LogP contribution in [0, 0.1) is 0 Å². The van der Waals surface area contributed by atoms with Crippen molar-refractivity contribution >= 4 is 23.8 Å². The maximum absolute atomic E-state index is 11.4. The minimum Gasteiger partial charge on any atom is -0.480 e. The number of hydrogen-bond acceptors (Lipinski definition) is 4. The Balaban J connectivity index is 4.05. The molecule has 0 aliphatic rings. The summed E-state index contributed by atoms with van der Waals surface area (Å²) in [7, 11) is 0. The van der Waals surface area contributed by atoms with E-state index < -0.39 is 30.4 Å². The van der Waals surface area contributed by atoms with Crippen LogP contribution < -0.4 is 21.7 Å². The molecule has 0 radical (unpaired) electrons. The van der Waals surface area contributed by atoms with E-state index in [9.17, 15) is 19.2 Å². The summed E-state index contributed by atoms with van der Waals surface area (Å²) in [5, 5.41) is 15.8. The molecule has 0 aromatic carbocycles. The number of urea groups is 1. The normalized spacial score (nSPS) is 11.6. The summed E-state index contributed by atoms with van der Waals surface area (Å²) in [6, 6.07) is -2.17. The smallest absolute Gasteiger partial charge is 0.326 e. The van der Waals surface area contributed by atoms with Crippen LogP contribution in [0.2, 0.25) is 0 Å². The largest absolute Gasteiger partial charge is 0.480 e. The van der Waals surface area contributed by atoms with Crippen molar-refractivity contribution in [2.45, 2.75) is 38.8 Å². The Labute approximate surface area is 116 Å². The Bertz CT molecular complexity index is 383. The van der Waals surface area contributed by atoms with E-state index in [-0.39, 0.29) is 24.9 Å². The third-order valence-corrected chi connectivity index (χ3v) is 2.10. The summed E-state index contributed by atoms with van der Waals surface area (Å²) in [5.74, 6) is -2.43. The van der Waals surface area contributed by atoms with Crippen LogP contribution in [0.15, 0.2) is 0 Å². The van der Waals surface area contributed by atoms with Crippen LogP contribution in [0.5, 0.6) is 0 Å². The van der Waals surface area contributed by atoms with E-state index in [0.717, 1.165) is 0 Å². The highest BCUT2D eigenvalue weighted by molar-refractivity contribution is 5.87. The van der Waals surface area contributed by atoms with Gasteiger partial charge in [0.1, 0.15) is 6.04 Å². The zero-order valence-electron chi connectivity index (χ0n) is 11.4. The topological polar surface area (TPSA) is 151 Å². The van der Waals surface area contributed by atoms with E-state index in [4.69, 9.17) is 10.8 Å². The van der Waals surface area contributed by atoms with E-state index in [0.29, 0.717) is 0 Å². The molecule has 0 aliphatic heterocycles. The highest BCUT2D eigenvalue weighted by Crippen LogP contribution is 1.91. The maximum Gasteiger partial charge on any atom is 0.326 e. The van der Waals surface area contributed by atoms with Crippen molar-refractivity contribution in [3.63, 3.8) is 0 Å². The molecule has 0 unspecified atom stereocenters. The number of nitrogens with two attached hydrogens (primary N) is 1.